The lowest BCUT2D eigenvalue weighted by Crippen LogP contribution is -2.25. The van der Waals surface area contributed by atoms with Crippen LogP contribution in [0.3, 0.4) is 0 Å². The summed E-state index contributed by atoms with van der Waals surface area (Å²) in [6.07, 6.45) is 1.06. The zero-order chi connectivity index (χ0) is 17.0. The molecule has 23 heavy (non-hydrogen) atoms. The highest BCUT2D eigenvalue weighted by Crippen LogP contribution is 2.20. The van der Waals surface area contributed by atoms with Crippen molar-refractivity contribution in [2.45, 2.75) is 40.2 Å². The van der Waals surface area contributed by atoms with E-state index in [0.717, 1.165) is 12.0 Å². The minimum Gasteiger partial charge on any atom is -0.345 e. The van der Waals surface area contributed by atoms with Crippen LogP contribution in [-0.2, 0) is 6.42 Å². The Morgan fingerprint density at radius 1 is 1.00 bits per heavy atom. The molecular weight excluding hydrogens is 306 g/mol. The average molecular weight is 329 g/mol. The number of rotatable bonds is 6. The molecule has 0 saturated heterocycles. The average Bonchev–Trinajstić information content (AvgIpc) is 2.97. The molecule has 3 nitrogen and oxygen atoms in total. The van der Waals surface area contributed by atoms with Crippen LogP contribution >= 0.6 is 11.3 Å². The van der Waals surface area contributed by atoms with Gasteiger partial charge in [0.1, 0.15) is 0 Å². The molecule has 1 N–H and O–H groups in total. The zero-order valence-corrected chi connectivity index (χ0v) is 14.9. The van der Waals surface area contributed by atoms with Crippen LogP contribution in [0.25, 0.3) is 0 Å². The Balaban J connectivity index is 2.01. The predicted octanol–water partition coefficient (Wildman–Crippen LogP) is 4.64. The smallest absolute Gasteiger partial charge is 0.261 e. The Hall–Kier alpha value is -1.94. The van der Waals surface area contributed by atoms with Gasteiger partial charge in [0.15, 0.2) is 5.78 Å². The predicted molar refractivity (Wildman–Crippen MR) is 95.2 cm³/mol. The maximum Gasteiger partial charge on any atom is 0.261 e. The number of benzene rings is 1. The number of carbonyl (C=O) groups is 2. The van der Waals surface area contributed by atoms with Gasteiger partial charge in [-0.2, -0.15) is 0 Å². The molecule has 4 heteroatoms. The van der Waals surface area contributed by atoms with E-state index in [2.05, 4.69) is 43.4 Å². The first-order chi connectivity index (χ1) is 10.9. The molecule has 2 aromatic rings. The summed E-state index contributed by atoms with van der Waals surface area (Å²) in [5.74, 6) is 0.483. The van der Waals surface area contributed by atoms with Crippen molar-refractivity contribution in [3.8, 4) is 0 Å². The fourth-order valence-electron chi connectivity index (χ4n) is 2.41. The van der Waals surface area contributed by atoms with Gasteiger partial charge in [0.25, 0.3) is 5.91 Å². The second kappa shape index (κ2) is 7.55. The molecule has 0 bridgehead atoms. The monoisotopic (exact) mass is 329 g/mol. The largest absolute Gasteiger partial charge is 0.345 e. The Morgan fingerprint density at radius 2 is 1.61 bits per heavy atom. The maximum absolute atomic E-state index is 12.3. The quantitative estimate of drug-likeness (QED) is 0.785. The summed E-state index contributed by atoms with van der Waals surface area (Å²) in [5.41, 5.74) is 2.39. The van der Waals surface area contributed by atoms with Gasteiger partial charge in [0.2, 0.25) is 0 Å². The number of nitrogens with one attached hydrogen (secondary N) is 1. The van der Waals surface area contributed by atoms with E-state index < -0.39 is 0 Å². The van der Waals surface area contributed by atoms with Crippen LogP contribution in [0.2, 0.25) is 0 Å². The van der Waals surface area contributed by atoms with Crippen molar-refractivity contribution in [2.24, 2.45) is 5.92 Å². The van der Waals surface area contributed by atoms with Crippen molar-refractivity contribution in [1.82, 2.24) is 5.32 Å². The molecule has 122 valence electrons. The molecule has 0 aliphatic heterocycles. The standard InChI is InChI=1S/C19H23NO2S/c1-12(2)11-15-5-7-16(8-6-15)13(3)20-19(22)18-10-9-17(23-18)14(4)21/h5-10,12-13H,11H2,1-4H3,(H,20,22)/t13-/m1/s1. The summed E-state index contributed by atoms with van der Waals surface area (Å²) < 4.78 is 0. The topological polar surface area (TPSA) is 46.2 Å². The van der Waals surface area contributed by atoms with E-state index in [4.69, 9.17) is 0 Å². The van der Waals surface area contributed by atoms with Gasteiger partial charge in [-0.3, -0.25) is 9.59 Å². The van der Waals surface area contributed by atoms with Gasteiger partial charge in [0.05, 0.1) is 15.8 Å². The summed E-state index contributed by atoms with van der Waals surface area (Å²) in [4.78, 5) is 24.8. The molecule has 2 rings (SSSR count). The van der Waals surface area contributed by atoms with Crippen molar-refractivity contribution < 1.29 is 9.59 Å². The molecule has 0 spiro atoms. The molecule has 1 aromatic heterocycles. The van der Waals surface area contributed by atoms with Crippen molar-refractivity contribution in [1.29, 1.82) is 0 Å². The van der Waals surface area contributed by atoms with E-state index in [1.807, 2.05) is 6.92 Å². The lowest BCUT2D eigenvalue weighted by molar-refractivity contribution is 0.0943. The number of carbonyl (C=O) groups excluding carboxylic acids is 2. The number of ketones is 1. The highest BCUT2D eigenvalue weighted by molar-refractivity contribution is 7.15. The highest BCUT2D eigenvalue weighted by Gasteiger charge is 2.14. The second-order valence-corrected chi connectivity index (χ2v) is 7.34. The first-order valence-corrected chi connectivity index (χ1v) is 8.69. The van der Waals surface area contributed by atoms with Crippen LogP contribution in [0.4, 0.5) is 0 Å². The SMILES string of the molecule is CC(=O)c1ccc(C(=O)N[C@H](C)c2ccc(CC(C)C)cc2)s1. The molecule has 0 aliphatic rings. The van der Waals surface area contributed by atoms with Crippen LogP contribution in [0.15, 0.2) is 36.4 Å². The summed E-state index contributed by atoms with van der Waals surface area (Å²) >= 11 is 1.23. The highest BCUT2D eigenvalue weighted by atomic mass is 32.1. The van der Waals surface area contributed by atoms with Crippen LogP contribution in [-0.4, -0.2) is 11.7 Å². The van der Waals surface area contributed by atoms with Crippen LogP contribution in [0.5, 0.6) is 0 Å². The lowest BCUT2D eigenvalue weighted by atomic mass is 10.00. The lowest BCUT2D eigenvalue weighted by Gasteiger charge is -2.14. The third-order valence-electron chi connectivity index (χ3n) is 3.65. The summed E-state index contributed by atoms with van der Waals surface area (Å²) in [6, 6.07) is 11.7. The number of thiophene rings is 1. The van der Waals surface area contributed by atoms with Gasteiger partial charge in [-0.25, -0.2) is 0 Å². The first-order valence-electron chi connectivity index (χ1n) is 7.87. The molecule has 1 aromatic carbocycles. The van der Waals surface area contributed by atoms with Crippen molar-refractivity contribution in [3.63, 3.8) is 0 Å². The normalized spacial score (nSPS) is 12.2. The van der Waals surface area contributed by atoms with Gasteiger partial charge in [0, 0.05) is 0 Å². The fourth-order valence-corrected chi connectivity index (χ4v) is 3.22. The van der Waals surface area contributed by atoms with E-state index in [0.29, 0.717) is 15.7 Å². The summed E-state index contributed by atoms with van der Waals surface area (Å²) in [6.45, 7) is 7.88. The maximum atomic E-state index is 12.3. The van der Waals surface area contributed by atoms with Gasteiger partial charge >= 0.3 is 0 Å². The van der Waals surface area contributed by atoms with Crippen molar-refractivity contribution >= 4 is 23.0 Å². The molecule has 0 fully saturated rings. The molecule has 0 radical (unpaired) electrons. The van der Waals surface area contributed by atoms with E-state index in [1.54, 1.807) is 12.1 Å². The third-order valence-corrected chi connectivity index (χ3v) is 4.83. The second-order valence-electron chi connectivity index (χ2n) is 6.25. The molecular formula is C19H23NO2S. The molecule has 1 atom stereocenters. The summed E-state index contributed by atoms with van der Waals surface area (Å²) in [5, 5.41) is 2.99. The number of Topliss-reactive ketones (excluding diaryl/α,β-unsaturated/α-hetero) is 1. The molecule has 1 heterocycles. The number of hydrogen-bond donors (Lipinski definition) is 1. The molecule has 0 aliphatic carbocycles. The van der Waals surface area contributed by atoms with Gasteiger partial charge in [-0.1, -0.05) is 38.1 Å². The Labute approximate surface area is 141 Å². The number of amides is 1. The van der Waals surface area contributed by atoms with Crippen molar-refractivity contribution in [3.05, 3.63) is 57.3 Å². The van der Waals surface area contributed by atoms with Gasteiger partial charge in [-0.05, 0) is 49.4 Å². The van der Waals surface area contributed by atoms with E-state index >= 15 is 0 Å². The van der Waals surface area contributed by atoms with E-state index in [9.17, 15) is 9.59 Å². The van der Waals surface area contributed by atoms with E-state index in [-0.39, 0.29) is 17.7 Å². The minimum absolute atomic E-state index is 0.0113. The Kier molecular flexibility index (Phi) is 5.72. The van der Waals surface area contributed by atoms with Crippen molar-refractivity contribution in [2.75, 3.05) is 0 Å². The zero-order valence-electron chi connectivity index (χ0n) is 14.1. The summed E-state index contributed by atoms with van der Waals surface area (Å²) in [7, 11) is 0. The fraction of sp³-hybridized carbons (Fsp3) is 0.368. The van der Waals surface area contributed by atoms with Gasteiger partial charge < -0.3 is 5.32 Å². The third kappa shape index (κ3) is 4.76. The number of hydrogen-bond acceptors (Lipinski definition) is 3. The van der Waals surface area contributed by atoms with Crippen LogP contribution in [0.1, 0.15) is 64.2 Å². The molecule has 1 amide bonds. The Morgan fingerprint density at radius 3 is 2.13 bits per heavy atom. The van der Waals surface area contributed by atoms with Crippen LogP contribution < -0.4 is 5.32 Å². The minimum atomic E-state index is -0.138. The first kappa shape index (κ1) is 17.4. The van der Waals surface area contributed by atoms with E-state index in [1.165, 1.54) is 23.8 Å². The van der Waals surface area contributed by atoms with Gasteiger partial charge in [-0.15, -0.1) is 11.3 Å². The molecule has 0 saturated carbocycles. The van der Waals surface area contributed by atoms with Crippen LogP contribution in [0, 0.1) is 5.92 Å². The molecule has 0 unspecified atom stereocenters. The Bertz CT molecular complexity index is 686.